The van der Waals surface area contributed by atoms with Crippen LogP contribution >= 0.6 is 15.9 Å². The lowest BCUT2D eigenvalue weighted by molar-refractivity contribution is -0.169. The molecule has 4 aliphatic carbocycles. The number of fused-ring (bicyclic) bond motifs is 5. The molecule has 0 aromatic heterocycles. The Hall–Kier alpha value is -0.0900. The molecule has 0 unspecified atom stereocenters. The second kappa shape index (κ2) is 10.1. The maximum absolute atomic E-state index is 11.6. The van der Waals surface area contributed by atoms with E-state index in [2.05, 4.69) is 36.7 Å². The molecule has 4 aliphatic rings. The quantitative estimate of drug-likeness (QED) is 0.200. The topological polar surface area (TPSA) is 46.5 Å². The van der Waals surface area contributed by atoms with Crippen molar-refractivity contribution in [3.63, 3.8) is 0 Å². The monoisotopic (exact) mass is 524 g/mol. The number of unbranched alkanes of at least 4 members (excludes halogenated alkanes) is 5. The van der Waals surface area contributed by atoms with Gasteiger partial charge in [-0.3, -0.25) is 4.79 Å². The third-order valence-electron chi connectivity index (χ3n) is 11.2. The molecule has 4 saturated carbocycles. The first kappa shape index (κ1) is 26.0. The normalized spacial score (nSPS) is 46.8. The Labute approximate surface area is 211 Å². The van der Waals surface area contributed by atoms with Crippen LogP contribution < -0.4 is 0 Å². The summed E-state index contributed by atoms with van der Waals surface area (Å²) >= 11 is 4.10. The van der Waals surface area contributed by atoms with Gasteiger partial charge in [-0.25, -0.2) is 0 Å². The molecule has 0 heterocycles. The van der Waals surface area contributed by atoms with E-state index in [4.69, 9.17) is 4.74 Å². The van der Waals surface area contributed by atoms with Gasteiger partial charge >= 0.3 is 5.97 Å². The summed E-state index contributed by atoms with van der Waals surface area (Å²) in [6, 6.07) is 0. The van der Waals surface area contributed by atoms with E-state index >= 15 is 0 Å². The van der Waals surface area contributed by atoms with Crippen molar-refractivity contribution in [1.29, 1.82) is 0 Å². The first-order valence-electron chi connectivity index (χ1n) is 14.2. The molecule has 0 aliphatic heterocycles. The zero-order chi connectivity index (χ0) is 23.9. The summed E-state index contributed by atoms with van der Waals surface area (Å²) in [7, 11) is 0. The highest BCUT2D eigenvalue weighted by atomic mass is 79.9. The Morgan fingerprint density at radius 3 is 2.45 bits per heavy atom. The van der Waals surface area contributed by atoms with Crippen LogP contribution in [0.4, 0.5) is 0 Å². The maximum Gasteiger partial charge on any atom is 0.302 e. The van der Waals surface area contributed by atoms with Crippen LogP contribution in [0, 0.1) is 34.5 Å². The fraction of sp³-hybridized carbons (Fsp3) is 0.966. The molecule has 0 aromatic rings. The van der Waals surface area contributed by atoms with E-state index in [1.165, 1.54) is 77.6 Å². The lowest BCUT2D eigenvalue weighted by atomic mass is 9.44. The van der Waals surface area contributed by atoms with Crippen LogP contribution in [0.2, 0.25) is 0 Å². The summed E-state index contributed by atoms with van der Waals surface area (Å²) in [6.45, 7) is 8.86. The van der Waals surface area contributed by atoms with Crippen molar-refractivity contribution in [2.24, 2.45) is 34.5 Å². The molecule has 4 fully saturated rings. The lowest BCUT2D eigenvalue weighted by Crippen LogP contribution is -2.66. The van der Waals surface area contributed by atoms with E-state index in [9.17, 15) is 9.90 Å². The predicted octanol–water partition coefficient (Wildman–Crippen LogP) is 7.82. The molecule has 33 heavy (non-hydrogen) atoms. The van der Waals surface area contributed by atoms with E-state index in [-0.39, 0.29) is 27.9 Å². The van der Waals surface area contributed by atoms with Gasteiger partial charge in [-0.05, 0) is 85.9 Å². The molecule has 3 nitrogen and oxygen atoms in total. The molecular weight excluding hydrogens is 476 g/mol. The minimum Gasteiger partial charge on any atom is -0.463 e. The molecule has 190 valence electrons. The van der Waals surface area contributed by atoms with Crippen LogP contribution in [-0.4, -0.2) is 27.6 Å². The standard InChI is InChI=1S/C29H49BrO3/c1-5-6-7-8-9-10-11-21-12-13-24-23-18-26(32)29(30)19-22(33-20(2)31)14-17-28(29,4)25(23)15-16-27(21,24)3/h21-26,32H,5-19H2,1-4H3/t21-,22-,23-,24-,25-,26+,27+,28+,29-/m0/s1. The number of aliphatic hydroxyl groups excluding tert-OH is 1. The first-order valence-corrected chi connectivity index (χ1v) is 15.0. The summed E-state index contributed by atoms with van der Waals surface area (Å²) in [4.78, 5) is 11.6. The Bertz CT molecular complexity index is 696. The van der Waals surface area contributed by atoms with Crippen molar-refractivity contribution < 1.29 is 14.6 Å². The third-order valence-corrected chi connectivity index (χ3v) is 12.9. The van der Waals surface area contributed by atoms with Gasteiger partial charge in [-0.2, -0.15) is 0 Å². The van der Waals surface area contributed by atoms with Crippen LogP contribution in [0.25, 0.3) is 0 Å². The number of rotatable bonds is 8. The number of esters is 1. The summed E-state index contributed by atoms with van der Waals surface area (Å²) in [5.74, 6) is 2.78. The molecule has 0 aromatic carbocycles. The summed E-state index contributed by atoms with van der Waals surface area (Å²) in [6.07, 6.45) is 18.4. The number of ether oxygens (including phenoxy) is 1. The number of halogens is 1. The van der Waals surface area contributed by atoms with Gasteiger partial charge in [0.15, 0.2) is 0 Å². The average Bonchev–Trinajstić information content (AvgIpc) is 3.09. The van der Waals surface area contributed by atoms with E-state index in [1.807, 2.05) is 0 Å². The van der Waals surface area contributed by atoms with Crippen molar-refractivity contribution in [2.75, 3.05) is 0 Å². The van der Waals surface area contributed by atoms with Crippen LogP contribution in [0.1, 0.15) is 124 Å². The van der Waals surface area contributed by atoms with E-state index in [1.54, 1.807) is 0 Å². The largest absolute Gasteiger partial charge is 0.463 e. The van der Waals surface area contributed by atoms with Crippen molar-refractivity contribution in [3.8, 4) is 0 Å². The number of hydrogen-bond acceptors (Lipinski definition) is 3. The van der Waals surface area contributed by atoms with Gasteiger partial charge in [-0.1, -0.05) is 75.2 Å². The first-order chi connectivity index (χ1) is 15.7. The highest BCUT2D eigenvalue weighted by Gasteiger charge is 2.67. The smallest absolute Gasteiger partial charge is 0.302 e. The molecule has 0 amide bonds. The number of alkyl halides is 1. The molecular formula is C29H49BrO3. The Kier molecular flexibility index (Phi) is 7.96. The number of hydrogen-bond donors (Lipinski definition) is 1. The third kappa shape index (κ3) is 4.58. The molecule has 0 spiro atoms. The van der Waals surface area contributed by atoms with E-state index < -0.39 is 0 Å². The van der Waals surface area contributed by atoms with Crippen LogP contribution in [-0.2, 0) is 9.53 Å². The van der Waals surface area contributed by atoms with Crippen LogP contribution in [0.5, 0.6) is 0 Å². The molecule has 9 atom stereocenters. The Balaban J connectivity index is 1.44. The number of carbonyl (C=O) groups excluding carboxylic acids is 1. The number of carbonyl (C=O) groups is 1. The molecule has 0 bridgehead atoms. The Morgan fingerprint density at radius 1 is 1.00 bits per heavy atom. The van der Waals surface area contributed by atoms with Gasteiger partial charge < -0.3 is 9.84 Å². The second-order valence-electron chi connectivity index (χ2n) is 12.8. The highest BCUT2D eigenvalue weighted by Crippen LogP contribution is 2.70. The van der Waals surface area contributed by atoms with Crippen molar-refractivity contribution >= 4 is 21.9 Å². The van der Waals surface area contributed by atoms with Gasteiger partial charge in [0.25, 0.3) is 0 Å². The molecule has 4 rings (SSSR count). The predicted molar refractivity (Wildman–Crippen MR) is 138 cm³/mol. The minimum atomic E-state index is -0.359. The summed E-state index contributed by atoms with van der Waals surface area (Å²) in [5, 5.41) is 11.5. The second-order valence-corrected chi connectivity index (χ2v) is 14.2. The molecule has 0 radical (unpaired) electrons. The lowest BCUT2D eigenvalue weighted by Gasteiger charge is -2.65. The van der Waals surface area contributed by atoms with Gasteiger partial charge in [-0.15, -0.1) is 0 Å². The van der Waals surface area contributed by atoms with Gasteiger partial charge in [0.05, 0.1) is 10.4 Å². The zero-order valence-corrected chi connectivity index (χ0v) is 23.3. The van der Waals surface area contributed by atoms with Crippen molar-refractivity contribution in [3.05, 3.63) is 0 Å². The Morgan fingerprint density at radius 2 is 1.73 bits per heavy atom. The fourth-order valence-electron chi connectivity index (χ4n) is 9.29. The summed E-state index contributed by atoms with van der Waals surface area (Å²) < 4.78 is 5.29. The number of aliphatic hydroxyl groups is 1. The molecule has 0 saturated heterocycles. The summed E-state index contributed by atoms with van der Waals surface area (Å²) in [5.41, 5.74) is 0.548. The minimum absolute atomic E-state index is 0.0665. The molecule has 4 heteroatoms. The fourth-order valence-corrected chi connectivity index (χ4v) is 10.3. The highest BCUT2D eigenvalue weighted by molar-refractivity contribution is 9.10. The van der Waals surface area contributed by atoms with Gasteiger partial charge in [0.1, 0.15) is 6.10 Å². The SMILES string of the molecule is CCCCCCCC[C@H]1CC[C@H]2[C@@H]3C[C@@H](O)[C@@]4(Br)C[C@@H](OC(C)=O)CC[C@]4(C)[C@H]3CC[C@]12C. The van der Waals surface area contributed by atoms with E-state index in [0.717, 1.165) is 37.5 Å². The molecule has 1 N–H and O–H groups in total. The van der Waals surface area contributed by atoms with E-state index in [0.29, 0.717) is 17.3 Å². The maximum atomic E-state index is 11.6. The van der Waals surface area contributed by atoms with Gasteiger partial charge in [0.2, 0.25) is 0 Å². The van der Waals surface area contributed by atoms with Gasteiger partial charge in [0, 0.05) is 13.3 Å². The van der Waals surface area contributed by atoms with Crippen molar-refractivity contribution in [1.82, 2.24) is 0 Å². The van der Waals surface area contributed by atoms with Crippen molar-refractivity contribution in [2.45, 2.75) is 141 Å². The van der Waals surface area contributed by atoms with Crippen LogP contribution in [0.15, 0.2) is 0 Å². The zero-order valence-electron chi connectivity index (χ0n) is 21.7. The average molecular weight is 526 g/mol. The van der Waals surface area contributed by atoms with Crippen LogP contribution in [0.3, 0.4) is 0 Å².